The van der Waals surface area contributed by atoms with Gasteiger partial charge in [0.1, 0.15) is 5.82 Å². The van der Waals surface area contributed by atoms with Crippen molar-refractivity contribution in [1.29, 1.82) is 0 Å². The van der Waals surface area contributed by atoms with Crippen LogP contribution in [0.2, 0.25) is 0 Å². The largest absolute Gasteiger partial charge is 0.348 e. The van der Waals surface area contributed by atoms with Crippen molar-refractivity contribution < 1.29 is 4.79 Å². The summed E-state index contributed by atoms with van der Waals surface area (Å²) in [6.07, 6.45) is 7.76. The van der Waals surface area contributed by atoms with Gasteiger partial charge < -0.3 is 15.6 Å². The van der Waals surface area contributed by atoms with Crippen LogP contribution >= 0.6 is 0 Å². The number of nitrogens with one attached hydrogen (secondary N) is 3. The molecule has 5 rings (SSSR count). The Hall–Kier alpha value is -2.92. The van der Waals surface area contributed by atoms with Gasteiger partial charge in [0.25, 0.3) is 5.91 Å². The topological polar surface area (TPSA) is 69.8 Å². The number of amides is 1. The molecule has 3 N–H and O–H groups in total. The Bertz CT molecular complexity index is 957. The Morgan fingerprint density at radius 1 is 0.964 bits per heavy atom. The molecule has 1 aromatic heterocycles. The molecule has 0 unspecified atom stereocenters. The summed E-state index contributed by atoms with van der Waals surface area (Å²) in [6, 6.07) is 17.3. The molecular formula is C23H24N4O. The molecule has 2 aliphatic carbocycles. The monoisotopic (exact) mass is 372 g/mol. The highest BCUT2D eigenvalue weighted by atomic mass is 16.1. The minimum Gasteiger partial charge on any atom is -0.348 e. The predicted molar refractivity (Wildman–Crippen MR) is 109 cm³/mol. The number of carbonyl (C=O) groups excluding carboxylic acids is 1. The maximum Gasteiger partial charge on any atom is 0.252 e. The third-order valence-corrected chi connectivity index (χ3v) is 6.02. The number of fused-ring (bicyclic) bond motifs is 1. The van der Waals surface area contributed by atoms with Gasteiger partial charge in [-0.3, -0.25) is 4.79 Å². The van der Waals surface area contributed by atoms with Crippen LogP contribution in [0.1, 0.15) is 34.3 Å². The molecule has 0 aliphatic heterocycles. The first kappa shape index (κ1) is 17.2. The van der Waals surface area contributed by atoms with E-state index in [1.165, 1.54) is 11.1 Å². The average molecular weight is 372 g/mol. The summed E-state index contributed by atoms with van der Waals surface area (Å²) in [5.41, 5.74) is 4.40. The van der Waals surface area contributed by atoms with Gasteiger partial charge in [-0.15, -0.1) is 0 Å². The molecule has 2 aromatic carbocycles. The third-order valence-electron chi connectivity index (χ3n) is 6.02. The number of benzene rings is 2. The quantitative estimate of drug-likeness (QED) is 0.645. The Morgan fingerprint density at radius 2 is 1.68 bits per heavy atom. The third kappa shape index (κ3) is 3.22. The molecule has 1 fully saturated rings. The molecule has 2 atom stereocenters. The highest BCUT2D eigenvalue weighted by Gasteiger charge is 2.35. The smallest absolute Gasteiger partial charge is 0.252 e. The summed E-state index contributed by atoms with van der Waals surface area (Å²) in [5, 5.41) is 7.02. The highest BCUT2D eigenvalue weighted by molar-refractivity contribution is 6.00. The Morgan fingerprint density at radius 3 is 2.36 bits per heavy atom. The lowest BCUT2D eigenvalue weighted by atomic mass is 9.85. The lowest BCUT2D eigenvalue weighted by Crippen LogP contribution is -2.59. The van der Waals surface area contributed by atoms with Gasteiger partial charge in [0.2, 0.25) is 0 Å². The first-order valence-corrected chi connectivity index (χ1v) is 10.0. The van der Waals surface area contributed by atoms with Crippen LogP contribution in [0, 0.1) is 0 Å². The Balaban J connectivity index is 1.23. The SMILES string of the molecule is O=C(N[C@@H]1CC[C@@H]1NC1Cc2ccccc2C1)c1ccccc1-c1ncc[nH]1. The first-order valence-electron chi connectivity index (χ1n) is 10.0. The summed E-state index contributed by atoms with van der Waals surface area (Å²) in [5.74, 6) is 0.691. The number of carbonyl (C=O) groups is 1. The van der Waals surface area contributed by atoms with E-state index in [9.17, 15) is 4.79 Å². The van der Waals surface area contributed by atoms with E-state index >= 15 is 0 Å². The van der Waals surface area contributed by atoms with E-state index in [1.807, 2.05) is 24.3 Å². The first-order chi connectivity index (χ1) is 13.8. The van der Waals surface area contributed by atoms with Gasteiger partial charge in [0.05, 0.1) is 5.56 Å². The van der Waals surface area contributed by atoms with Crippen LogP contribution in [0.3, 0.4) is 0 Å². The molecular weight excluding hydrogens is 348 g/mol. The average Bonchev–Trinajstić information content (AvgIpc) is 3.38. The molecule has 2 aliphatic rings. The van der Waals surface area contributed by atoms with E-state index in [-0.39, 0.29) is 11.9 Å². The van der Waals surface area contributed by atoms with Crippen LogP contribution < -0.4 is 10.6 Å². The molecule has 1 amide bonds. The van der Waals surface area contributed by atoms with Crippen LogP contribution in [0.4, 0.5) is 0 Å². The van der Waals surface area contributed by atoms with E-state index < -0.39 is 0 Å². The van der Waals surface area contributed by atoms with Crippen molar-refractivity contribution in [3.63, 3.8) is 0 Å². The van der Waals surface area contributed by atoms with E-state index in [1.54, 1.807) is 12.4 Å². The Kier molecular flexibility index (Phi) is 4.45. The van der Waals surface area contributed by atoms with Crippen molar-refractivity contribution in [3.05, 3.63) is 77.6 Å². The van der Waals surface area contributed by atoms with Crippen molar-refractivity contribution in [2.24, 2.45) is 0 Å². The molecule has 1 saturated carbocycles. The molecule has 0 saturated heterocycles. The number of imidazole rings is 1. The Labute approximate surface area is 164 Å². The van der Waals surface area contributed by atoms with Crippen molar-refractivity contribution in [1.82, 2.24) is 20.6 Å². The van der Waals surface area contributed by atoms with Gasteiger partial charge in [-0.25, -0.2) is 4.98 Å². The van der Waals surface area contributed by atoms with Crippen LogP contribution in [0.25, 0.3) is 11.4 Å². The minimum absolute atomic E-state index is 0.0294. The van der Waals surface area contributed by atoms with Gasteiger partial charge >= 0.3 is 0 Å². The van der Waals surface area contributed by atoms with Crippen LogP contribution in [0.5, 0.6) is 0 Å². The van der Waals surface area contributed by atoms with Crippen LogP contribution in [0.15, 0.2) is 60.9 Å². The second kappa shape index (κ2) is 7.24. The summed E-state index contributed by atoms with van der Waals surface area (Å²) in [6.45, 7) is 0. The zero-order valence-electron chi connectivity index (χ0n) is 15.7. The van der Waals surface area contributed by atoms with Crippen LogP contribution in [-0.4, -0.2) is 34.0 Å². The zero-order valence-corrected chi connectivity index (χ0v) is 15.7. The standard InChI is InChI=1S/C23H24N4O/c28-23(19-8-4-3-7-18(19)22-24-11-12-25-22)27-21-10-9-20(21)26-17-13-15-5-1-2-6-16(15)14-17/h1-8,11-12,17,20-21,26H,9-10,13-14H2,(H,24,25)(H,27,28)/t20-,21+/m0/s1. The van der Waals surface area contributed by atoms with Crippen molar-refractivity contribution >= 4 is 5.91 Å². The van der Waals surface area contributed by atoms with E-state index in [0.717, 1.165) is 37.1 Å². The lowest BCUT2D eigenvalue weighted by molar-refractivity contribution is 0.0890. The summed E-state index contributed by atoms with van der Waals surface area (Å²) >= 11 is 0. The van der Waals surface area contributed by atoms with Crippen molar-refractivity contribution in [3.8, 4) is 11.4 Å². The van der Waals surface area contributed by atoms with Gasteiger partial charge in [-0.2, -0.15) is 0 Å². The van der Waals surface area contributed by atoms with Crippen molar-refractivity contribution in [2.45, 2.75) is 43.8 Å². The van der Waals surface area contributed by atoms with Gasteiger partial charge in [0, 0.05) is 36.1 Å². The number of hydrogen-bond donors (Lipinski definition) is 3. The molecule has 5 nitrogen and oxygen atoms in total. The fourth-order valence-corrected chi connectivity index (χ4v) is 4.40. The van der Waals surface area contributed by atoms with Crippen LogP contribution in [-0.2, 0) is 12.8 Å². The second-order valence-electron chi connectivity index (χ2n) is 7.79. The van der Waals surface area contributed by atoms with Crippen molar-refractivity contribution in [2.75, 3.05) is 0 Å². The summed E-state index contributed by atoms with van der Waals surface area (Å²) in [7, 11) is 0. The normalized spacial score (nSPS) is 21.1. The number of H-pyrrole nitrogens is 1. The van der Waals surface area contributed by atoms with Gasteiger partial charge in [0.15, 0.2) is 0 Å². The second-order valence-corrected chi connectivity index (χ2v) is 7.79. The lowest BCUT2D eigenvalue weighted by Gasteiger charge is -2.39. The number of rotatable bonds is 5. The fourth-order valence-electron chi connectivity index (χ4n) is 4.40. The maximum absolute atomic E-state index is 12.9. The number of aromatic amines is 1. The van der Waals surface area contributed by atoms with E-state index in [4.69, 9.17) is 0 Å². The minimum atomic E-state index is -0.0294. The van der Waals surface area contributed by atoms with Gasteiger partial charge in [-0.05, 0) is 42.9 Å². The maximum atomic E-state index is 12.9. The molecule has 5 heteroatoms. The fraction of sp³-hybridized carbons (Fsp3) is 0.304. The molecule has 3 aromatic rings. The number of nitrogens with zero attached hydrogens (tertiary/aromatic N) is 1. The molecule has 0 radical (unpaired) electrons. The molecule has 28 heavy (non-hydrogen) atoms. The molecule has 1 heterocycles. The summed E-state index contributed by atoms with van der Waals surface area (Å²) in [4.78, 5) is 20.3. The molecule has 0 spiro atoms. The number of aromatic nitrogens is 2. The molecule has 0 bridgehead atoms. The predicted octanol–water partition coefficient (Wildman–Crippen LogP) is 3.09. The van der Waals surface area contributed by atoms with E-state index in [0.29, 0.717) is 17.6 Å². The zero-order chi connectivity index (χ0) is 18.9. The molecule has 142 valence electrons. The van der Waals surface area contributed by atoms with E-state index in [2.05, 4.69) is 44.9 Å². The van der Waals surface area contributed by atoms with Gasteiger partial charge in [-0.1, -0.05) is 42.5 Å². The highest BCUT2D eigenvalue weighted by Crippen LogP contribution is 2.27. The number of hydrogen-bond acceptors (Lipinski definition) is 3. The summed E-state index contributed by atoms with van der Waals surface area (Å²) < 4.78 is 0.